The predicted molar refractivity (Wildman–Crippen MR) is 84.0 cm³/mol. The van der Waals surface area contributed by atoms with Crippen LogP contribution in [-0.4, -0.2) is 13.2 Å². The van der Waals surface area contributed by atoms with Crippen LogP contribution in [0.2, 0.25) is 0 Å². The molecule has 102 valence electrons. The van der Waals surface area contributed by atoms with Crippen LogP contribution >= 0.6 is 44.3 Å². The summed E-state index contributed by atoms with van der Waals surface area (Å²) in [6, 6.07) is 3.93. The Morgan fingerprint density at radius 2 is 1.83 bits per heavy atom. The molecule has 1 atom stereocenters. The maximum Gasteiger partial charge on any atom is 0.0507 e. The molecule has 1 aromatic carbocycles. The summed E-state index contributed by atoms with van der Waals surface area (Å²) in [6.07, 6.45) is 2.01. The number of anilines is 1. The Balaban J connectivity index is 0.00000162. The van der Waals surface area contributed by atoms with Crippen molar-refractivity contribution in [1.29, 1.82) is 0 Å². The van der Waals surface area contributed by atoms with Gasteiger partial charge in [0.1, 0.15) is 0 Å². The summed E-state index contributed by atoms with van der Waals surface area (Å²) < 4.78 is 7.25. The van der Waals surface area contributed by atoms with Crippen LogP contribution in [0.25, 0.3) is 0 Å². The third kappa shape index (κ3) is 3.61. The number of ether oxygens (including phenoxy) is 1. The SMILES string of the molecule is Cl.Nc1c(Br)cc(Br)cc1[C@H](N)C1CCOCC1. The van der Waals surface area contributed by atoms with Gasteiger partial charge in [0, 0.05) is 28.2 Å². The molecule has 0 aromatic heterocycles. The van der Waals surface area contributed by atoms with Crippen LogP contribution < -0.4 is 11.5 Å². The number of benzene rings is 1. The monoisotopic (exact) mass is 398 g/mol. The van der Waals surface area contributed by atoms with E-state index in [0.717, 1.165) is 46.3 Å². The maximum absolute atomic E-state index is 6.33. The van der Waals surface area contributed by atoms with Crippen molar-refractivity contribution in [2.45, 2.75) is 18.9 Å². The van der Waals surface area contributed by atoms with Crippen LogP contribution in [0.1, 0.15) is 24.4 Å². The highest BCUT2D eigenvalue weighted by molar-refractivity contribution is 9.11. The number of hydrogen-bond acceptors (Lipinski definition) is 3. The molecule has 0 spiro atoms. The summed E-state index contributed by atoms with van der Waals surface area (Å²) >= 11 is 6.93. The smallest absolute Gasteiger partial charge is 0.0507 e. The van der Waals surface area contributed by atoms with Crippen LogP contribution in [0.4, 0.5) is 5.69 Å². The lowest BCUT2D eigenvalue weighted by molar-refractivity contribution is 0.0584. The summed E-state index contributed by atoms with van der Waals surface area (Å²) in [5.41, 5.74) is 14.2. The first-order valence-corrected chi connectivity index (χ1v) is 7.26. The lowest BCUT2D eigenvalue weighted by atomic mass is 9.87. The fraction of sp³-hybridized carbons (Fsp3) is 0.500. The molecule has 1 aliphatic rings. The maximum atomic E-state index is 6.33. The third-order valence-electron chi connectivity index (χ3n) is 3.26. The molecular weight excluding hydrogens is 383 g/mol. The second-order valence-electron chi connectivity index (χ2n) is 4.37. The molecule has 1 aliphatic heterocycles. The van der Waals surface area contributed by atoms with E-state index in [1.807, 2.05) is 12.1 Å². The van der Waals surface area contributed by atoms with E-state index in [9.17, 15) is 0 Å². The third-order valence-corrected chi connectivity index (χ3v) is 4.37. The Kier molecular flexibility index (Phi) is 6.41. The highest BCUT2D eigenvalue weighted by Crippen LogP contribution is 2.36. The van der Waals surface area contributed by atoms with E-state index in [4.69, 9.17) is 16.2 Å². The second kappa shape index (κ2) is 7.10. The largest absolute Gasteiger partial charge is 0.398 e. The Bertz CT molecular complexity index is 411. The molecular formula is C12H17Br2ClN2O. The Labute approximate surface area is 130 Å². The first-order chi connectivity index (χ1) is 8.09. The molecule has 1 heterocycles. The van der Waals surface area contributed by atoms with Crippen molar-refractivity contribution in [2.75, 3.05) is 18.9 Å². The molecule has 0 bridgehead atoms. The van der Waals surface area contributed by atoms with Gasteiger partial charge in [-0.25, -0.2) is 0 Å². The van der Waals surface area contributed by atoms with Crippen molar-refractivity contribution in [3.63, 3.8) is 0 Å². The molecule has 1 saturated heterocycles. The van der Waals surface area contributed by atoms with Gasteiger partial charge in [-0.3, -0.25) is 0 Å². The van der Waals surface area contributed by atoms with Gasteiger partial charge >= 0.3 is 0 Å². The average Bonchev–Trinajstić information content (AvgIpc) is 2.34. The van der Waals surface area contributed by atoms with Gasteiger partial charge in [-0.2, -0.15) is 0 Å². The van der Waals surface area contributed by atoms with Crippen molar-refractivity contribution in [2.24, 2.45) is 11.7 Å². The standard InChI is InChI=1S/C12H16Br2N2O.ClH/c13-8-5-9(12(16)10(14)6-8)11(15)7-1-3-17-4-2-7;/h5-7,11H,1-4,15-16H2;1H/t11-;/m1./s1. The normalized spacial score (nSPS) is 18.2. The fourth-order valence-electron chi connectivity index (χ4n) is 2.21. The molecule has 1 fully saturated rings. The Morgan fingerprint density at radius 1 is 1.22 bits per heavy atom. The van der Waals surface area contributed by atoms with E-state index in [1.54, 1.807) is 0 Å². The quantitative estimate of drug-likeness (QED) is 0.745. The molecule has 4 N–H and O–H groups in total. The zero-order valence-corrected chi connectivity index (χ0v) is 13.9. The molecule has 2 rings (SSSR count). The van der Waals surface area contributed by atoms with Crippen LogP contribution in [0.3, 0.4) is 0 Å². The minimum absolute atomic E-state index is 0. The first kappa shape index (κ1) is 16.2. The number of rotatable bonds is 2. The lowest BCUT2D eigenvalue weighted by Gasteiger charge is -2.29. The molecule has 1 aromatic rings. The number of halogens is 3. The lowest BCUT2D eigenvalue weighted by Crippen LogP contribution is -2.28. The number of hydrogen-bond donors (Lipinski definition) is 2. The van der Waals surface area contributed by atoms with Gasteiger partial charge in [0.2, 0.25) is 0 Å². The van der Waals surface area contributed by atoms with E-state index >= 15 is 0 Å². The van der Waals surface area contributed by atoms with Gasteiger partial charge in [0.15, 0.2) is 0 Å². The van der Waals surface area contributed by atoms with E-state index in [1.165, 1.54) is 0 Å². The Morgan fingerprint density at radius 3 is 2.44 bits per heavy atom. The molecule has 0 radical (unpaired) electrons. The van der Waals surface area contributed by atoms with Crippen LogP contribution in [-0.2, 0) is 4.74 Å². The van der Waals surface area contributed by atoms with Crippen LogP contribution in [0.5, 0.6) is 0 Å². The van der Waals surface area contributed by atoms with E-state index in [0.29, 0.717) is 5.92 Å². The molecule has 3 nitrogen and oxygen atoms in total. The number of nitrogens with two attached hydrogens (primary N) is 2. The van der Waals surface area contributed by atoms with Gasteiger partial charge < -0.3 is 16.2 Å². The zero-order valence-electron chi connectivity index (χ0n) is 9.86. The predicted octanol–water partition coefficient (Wildman–Crippen LogP) is 3.64. The first-order valence-electron chi connectivity index (χ1n) is 5.67. The highest BCUT2D eigenvalue weighted by Gasteiger charge is 2.24. The minimum atomic E-state index is -0.0206. The van der Waals surface area contributed by atoms with Crippen LogP contribution in [0, 0.1) is 5.92 Å². The molecule has 6 heteroatoms. The van der Waals surface area contributed by atoms with Crippen molar-refractivity contribution < 1.29 is 4.74 Å². The van der Waals surface area contributed by atoms with Crippen LogP contribution in [0.15, 0.2) is 21.1 Å². The molecule has 0 unspecified atom stereocenters. The summed E-state index contributed by atoms with van der Waals surface area (Å²) in [6.45, 7) is 1.60. The summed E-state index contributed by atoms with van der Waals surface area (Å²) in [5.74, 6) is 0.451. The van der Waals surface area contributed by atoms with Gasteiger partial charge in [-0.05, 0) is 52.4 Å². The van der Waals surface area contributed by atoms with E-state index in [-0.39, 0.29) is 18.4 Å². The van der Waals surface area contributed by atoms with E-state index < -0.39 is 0 Å². The molecule has 18 heavy (non-hydrogen) atoms. The van der Waals surface area contributed by atoms with Gasteiger partial charge in [-0.15, -0.1) is 12.4 Å². The van der Waals surface area contributed by atoms with Crippen molar-refractivity contribution in [3.8, 4) is 0 Å². The topological polar surface area (TPSA) is 61.3 Å². The molecule has 0 aliphatic carbocycles. The van der Waals surface area contributed by atoms with Crippen molar-refractivity contribution in [3.05, 3.63) is 26.6 Å². The van der Waals surface area contributed by atoms with Crippen molar-refractivity contribution in [1.82, 2.24) is 0 Å². The molecule has 0 saturated carbocycles. The van der Waals surface area contributed by atoms with Crippen molar-refractivity contribution >= 4 is 50.0 Å². The van der Waals surface area contributed by atoms with Gasteiger partial charge in [-0.1, -0.05) is 15.9 Å². The second-order valence-corrected chi connectivity index (χ2v) is 6.14. The average molecular weight is 401 g/mol. The molecule has 0 amide bonds. The van der Waals surface area contributed by atoms with Gasteiger partial charge in [0.05, 0.1) is 5.69 Å². The summed E-state index contributed by atoms with van der Waals surface area (Å²) in [5, 5.41) is 0. The minimum Gasteiger partial charge on any atom is -0.398 e. The van der Waals surface area contributed by atoms with Gasteiger partial charge in [0.25, 0.3) is 0 Å². The summed E-state index contributed by atoms with van der Waals surface area (Å²) in [4.78, 5) is 0. The summed E-state index contributed by atoms with van der Waals surface area (Å²) in [7, 11) is 0. The highest BCUT2D eigenvalue weighted by atomic mass is 79.9. The Hall–Kier alpha value is 0.190. The number of nitrogen functional groups attached to an aromatic ring is 1. The fourth-order valence-corrected chi connectivity index (χ4v) is 3.47. The van der Waals surface area contributed by atoms with E-state index in [2.05, 4.69) is 31.9 Å². The zero-order chi connectivity index (χ0) is 12.4.